The number of hydrogen-bond donors (Lipinski definition) is 0. The molecular formula is C22H28N2O. The van der Waals surface area contributed by atoms with Gasteiger partial charge in [0, 0.05) is 38.3 Å². The Hall–Kier alpha value is -2.13. The molecule has 0 aliphatic carbocycles. The second kappa shape index (κ2) is 8.30. The summed E-state index contributed by atoms with van der Waals surface area (Å²) in [6.45, 7) is 9.04. The molecule has 3 nitrogen and oxygen atoms in total. The van der Waals surface area contributed by atoms with Gasteiger partial charge in [-0.1, -0.05) is 56.3 Å². The van der Waals surface area contributed by atoms with Crippen LogP contribution in [0.2, 0.25) is 0 Å². The maximum absolute atomic E-state index is 12.6. The van der Waals surface area contributed by atoms with E-state index >= 15 is 0 Å². The molecule has 0 N–H and O–H groups in total. The normalized spacial score (nSPS) is 16.0. The summed E-state index contributed by atoms with van der Waals surface area (Å²) in [5, 5.41) is 0. The molecule has 25 heavy (non-hydrogen) atoms. The molecule has 3 heteroatoms. The largest absolute Gasteiger partial charge is 0.337 e. The van der Waals surface area contributed by atoms with Gasteiger partial charge in [-0.25, -0.2) is 0 Å². The molecule has 3 rings (SSSR count). The molecule has 2 aromatic carbocycles. The van der Waals surface area contributed by atoms with Crippen molar-refractivity contribution in [3.63, 3.8) is 0 Å². The molecule has 0 bridgehead atoms. The summed E-state index contributed by atoms with van der Waals surface area (Å²) in [6, 6.07) is 18.6. The van der Waals surface area contributed by atoms with E-state index in [4.69, 9.17) is 0 Å². The molecule has 2 aromatic rings. The van der Waals surface area contributed by atoms with Crippen LogP contribution >= 0.6 is 0 Å². The van der Waals surface area contributed by atoms with Gasteiger partial charge < -0.3 is 4.90 Å². The van der Waals surface area contributed by atoms with E-state index in [1.165, 1.54) is 11.1 Å². The van der Waals surface area contributed by atoms with Crippen molar-refractivity contribution in [2.24, 2.45) is 0 Å². The molecule has 0 unspecified atom stereocenters. The average Bonchev–Trinajstić information content (AvgIpc) is 2.88. The molecule has 1 amide bonds. The fraction of sp³-hybridized carbons (Fsp3) is 0.409. The van der Waals surface area contributed by atoms with Crippen molar-refractivity contribution in [3.8, 4) is 0 Å². The minimum atomic E-state index is 0.156. The first-order valence-corrected chi connectivity index (χ1v) is 9.29. The Kier molecular flexibility index (Phi) is 5.87. The Labute approximate surface area is 151 Å². The van der Waals surface area contributed by atoms with Crippen molar-refractivity contribution in [1.29, 1.82) is 0 Å². The van der Waals surface area contributed by atoms with Gasteiger partial charge in [0.25, 0.3) is 5.91 Å². The summed E-state index contributed by atoms with van der Waals surface area (Å²) in [7, 11) is 0. The summed E-state index contributed by atoms with van der Waals surface area (Å²) < 4.78 is 0. The highest BCUT2D eigenvalue weighted by Gasteiger charge is 2.20. The predicted molar refractivity (Wildman–Crippen MR) is 103 cm³/mol. The monoisotopic (exact) mass is 336 g/mol. The Balaban J connectivity index is 1.57. The number of carbonyl (C=O) groups excluding carboxylic acids is 1. The second-order valence-corrected chi connectivity index (χ2v) is 7.18. The topological polar surface area (TPSA) is 23.6 Å². The maximum atomic E-state index is 12.6. The number of carbonyl (C=O) groups is 1. The van der Waals surface area contributed by atoms with Gasteiger partial charge in [-0.05, 0) is 35.6 Å². The molecule has 0 radical (unpaired) electrons. The highest BCUT2D eigenvalue weighted by molar-refractivity contribution is 5.94. The zero-order chi connectivity index (χ0) is 17.6. The smallest absolute Gasteiger partial charge is 0.253 e. The molecule has 0 saturated carbocycles. The molecule has 0 atom stereocenters. The Morgan fingerprint density at radius 3 is 2.32 bits per heavy atom. The van der Waals surface area contributed by atoms with Crippen molar-refractivity contribution in [2.45, 2.75) is 32.7 Å². The quantitative estimate of drug-likeness (QED) is 0.837. The Morgan fingerprint density at radius 2 is 1.64 bits per heavy atom. The third-order valence-corrected chi connectivity index (χ3v) is 4.95. The van der Waals surface area contributed by atoms with E-state index in [1.807, 2.05) is 35.2 Å². The summed E-state index contributed by atoms with van der Waals surface area (Å²) in [6.07, 6.45) is 1.03. The fourth-order valence-electron chi connectivity index (χ4n) is 3.36. The number of hydrogen-bond acceptors (Lipinski definition) is 2. The molecular weight excluding hydrogens is 308 g/mol. The van der Waals surface area contributed by atoms with Crippen LogP contribution in [0.5, 0.6) is 0 Å². The summed E-state index contributed by atoms with van der Waals surface area (Å²) in [5.74, 6) is 0.730. The second-order valence-electron chi connectivity index (χ2n) is 7.18. The van der Waals surface area contributed by atoms with Gasteiger partial charge in [0.2, 0.25) is 0 Å². The minimum Gasteiger partial charge on any atom is -0.337 e. The van der Waals surface area contributed by atoms with E-state index in [0.29, 0.717) is 5.92 Å². The van der Waals surface area contributed by atoms with Crippen molar-refractivity contribution in [1.82, 2.24) is 9.80 Å². The molecule has 1 heterocycles. The van der Waals surface area contributed by atoms with Gasteiger partial charge in [-0.15, -0.1) is 0 Å². The van der Waals surface area contributed by atoms with Gasteiger partial charge in [-0.2, -0.15) is 0 Å². The van der Waals surface area contributed by atoms with Crippen LogP contribution in [0.4, 0.5) is 0 Å². The van der Waals surface area contributed by atoms with E-state index in [1.54, 1.807) is 0 Å². The van der Waals surface area contributed by atoms with Gasteiger partial charge in [-0.3, -0.25) is 9.69 Å². The van der Waals surface area contributed by atoms with E-state index in [0.717, 1.165) is 44.7 Å². The van der Waals surface area contributed by atoms with E-state index in [-0.39, 0.29) is 5.91 Å². The maximum Gasteiger partial charge on any atom is 0.253 e. The minimum absolute atomic E-state index is 0.156. The van der Waals surface area contributed by atoms with Crippen LogP contribution in [0, 0.1) is 0 Å². The van der Waals surface area contributed by atoms with Crippen molar-refractivity contribution < 1.29 is 4.79 Å². The summed E-state index contributed by atoms with van der Waals surface area (Å²) in [4.78, 5) is 17.1. The van der Waals surface area contributed by atoms with Gasteiger partial charge >= 0.3 is 0 Å². The lowest BCUT2D eigenvalue weighted by atomic mass is 10.0. The molecule has 0 spiro atoms. The fourth-order valence-corrected chi connectivity index (χ4v) is 3.36. The Morgan fingerprint density at radius 1 is 0.920 bits per heavy atom. The summed E-state index contributed by atoms with van der Waals surface area (Å²) in [5.41, 5.74) is 3.53. The third kappa shape index (κ3) is 4.70. The lowest BCUT2D eigenvalue weighted by Crippen LogP contribution is -2.35. The van der Waals surface area contributed by atoms with Crippen LogP contribution < -0.4 is 0 Å². The van der Waals surface area contributed by atoms with Crippen LogP contribution in [0.15, 0.2) is 54.6 Å². The molecule has 1 aliphatic rings. The number of benzene rings is 2. The first-order chi connectivity index (χ1) is 12.1. The lowest BCUT2D eigenvalue weighted by Gasteiger charge is -2.22. The van der Waals surface area contributed by atoms with E-state index < -0.39 is 0 Å². The van der Waals surface area contributed by atoms with E-state index in [2.05, 4.69) is 43.0 Å². The first-order valence-electron chi connectivity index (χ1n) is 9.29. The van der Waals surface area contributed by atoms with E-state index in [9.17, 15) is 4.79 Å². The van der Waals surface area contributed by atoms with Crippen LogP contribution in [0.3, 0.4) is 0 Å². The number of amides is 1. The van der Waals surface area contributed by atoms with Gasteiger partial charge in [0.05, 0.1) is 0 Å². The van der Waals surface area contributed by atoms with Crippen LogP contribution in [0.1, 0.15) is 47.7 Å². The molecule has 1 fully saturated rings. The number of nitrogens with zero attached hydrogens (tertiary/aromatic N) is 2. The van der Waals surface area contributed by atoms with Gasteiger partial charge in [0.1, 0.15) is 0 Å². The zero-order valence-electron chi connectivity index (χ0n) is 15.3. The van der Waals surface area contributed by atoms with Crippen LogP contribution in [-0.4, -0.2) is 41.9 Å². The highest BCUT2D eigenvalue weighted by atomic mass is 16.2. The molecule has 0 aromatic heterocycles. The van der Waals surface area contributed by atoms with Crippen LogP contribution in [0.25, 0.3) is 0 Å². The number of rotatable bonds is 4. The van der Waals surface area contributed by atoms with Gasteiger partial charge in [0.15, 0.2) is 0 Å². The third-order valence-electron chi connectivity index (χ3n) is 4.95. The summed E-state index contributed by atoms with van der Waals surface area (Å²) >= 11 is 0. The standard InChI is InChI=1S/C22H28N2O/c1-18(2)20-11-9-19(10-12-20)17-23-13-6-14-24(16-15-23)22(25)21-7-4-3-5-8-21/h3-5,7-12,18H,6,13-17H2,1-2H3. The predicted octanol–water partition coefficient (Wildman–Crippen LogP) is 4.16. The molecule has 1 aliphatic heterocycles. The molecule has 1 saturated heterocycles. The Bertz CT molecular complexity index is 679. The SMILES string of the molecule is CC(C)c1ccc(CN2CCCN(C(=O)c3ccccc3)CC2)cc1. The van der Waals surface area contributed by atoms with Crippen molar-refractivity contribution >= 4 is 5.91 Å². The zero-order valence-corrected chi connectivity index (χ0v) is 15.3. The van der Waals surface area contributed by atoms with Crippen molar-refractivity contribution in [3.05, 3.63) is 71.3 Å². The van der Waals surface area contributed by atoms with Crippen molar-refractivity contribution in [2.75, 3.05) is 26.2 Å². The molecule has 132 valence electrons. The first kappa shape index (κ1) is 17.7. The lowest BCUT2D eigenvalue weighted by molar-refractivity contribution is 0.0761. The average molecular weight is 336 g/mol. The van der Waals surface area contributed by atoms with Crippen LogP contribution in [-0.2, 0) is 6.54 Å². The highest BCUT2D eigenvalue weighted by Crippen LogP contribution is 2.17.